The summed E-state index contributed by atoms with van der Waals surface area (Å²) in [7, 11) is -1.44. The number of nitrogens with two attached hydrogens (primary N) is 2. The zero-order valence-electron chi connectivity index (χ0n) is 16.8. The van der Waals surface area contributed by atoms with Gasteiger partial charge in [-0.15, -0.1) is 9.32 Å². The lowest BCUT2D eigenvalue weighted by atomic mass is 9.98. The SMILES string of the molecule is COc1ccc(C(c2ccc(OC)c(OS(N)(=O)=O)c2)n2cncn2)cc1OSOON. The zero-order chi connectivity index (χ0) is 23.1. The fraction of sp³-hybridized carbons (Fsp3) is 0.176. The summed E-state index contributed by atoms with van der Waals surface area (Å²) in [6.07, 6.45) is 2.86. The Bertz CT molecular complexity index is 1140. The highest BCUT2D eigenvalue weighted by Gasteiger charge is 2.23. The van der Waals surface area contributed by atoms with Gasteiger partial charge in [0.25, 0.3) is 12.3 Å². The smallest absolute Gasteiger partial charge is 0.380 e. The summed E-state index contributed by atoms with van der Waals surface area (Å²) in [6, 6.07) is 9.27. The number of nitrogens with zero attached hydrogens (tertiary/aromatic N) is 3. The Labute approximate surface area is 187 Å². The average Bonchev–Trinajstić information content (AvgIpc) is 3.28. The monoisotopic (exact) mass is 485 g/mol. The lowest BCUT2D eigenvalue weighted by Crippen LogP contribution is -2.20. The number of benzene rings is 2. The molecule has 0 radical (unpaired) electrons. The second-order valence-corrected chi connectivity index (χ2v) is 7.58. The largest absolute Gasteiger partial charge is 0.493 e. The van der Waals surface area contributed by atoms with Gasteiger partial charge in [0.05, 0.1) is 14.2 Å². The van der Waals surface area contributed by atoms with Crippen LogP contribution >= 0.6 is 12.3 Å². The van der Waals surface area contributed by atoms with Crippen LogP contribution in [0.1, 0.15) is 17.2 Å². The van der Waals surface area contributed by atoms with Crippen LogP contribution in [0.4, 0.5) is 0 Å². The summed E-state index contributed by atoms with van der Waals surface area (Å²) >= 11 is 0.484. The molecule has 0 saturated heterocycles. The molecule has 1 atom stereocenters. The number of methoxy groups -OCH3 is 2. The van der Waals surface area contributed by atoms with Crippen molar-refractivity contribution in [2.24, 2.45) is 11.0 Å². The zero-order valence-corrected chi connectivity index (χ0v) is 18.4. The first-order chi connectivity index (χ1) is 15.4. The highest BCUT2D eigenvalue weighted by Crippen LogP contribution is 2.38. The summed E-state index contributed by atoms with van der Waals surface area (Å²) in [6.45, 7) is 0. The molecule has 0 amide bonds. The van der Waals surface area contributed by atoms with Gasteiger partial charge in [-0.25, -0.2) is 9.67 Å². The topological polar surface area (TPSA) is 172 Å². The molecule has 0 bridgehead atoms. The summed E-state index contributed by atoms with van der Waals surface area (Å²) in [5.41, 5.74) is 1.26. The van der Waals surface area contributed by atoms with E-state index >= 15 is 0 Å². The van der Waals surface area contributed by atoms with Crippen molar-refractivity contribution in [1.29, 1.82) is 0 Å². The molecule has 4 N–H and O–H groups in total. The normalized spacial score (nSPS) is 12.2. The number of rotatable bonds is 11. The van der Waals surface area contributed by atoms with Crippen LogP contribution in [0.15, 0.2) is 49.1 Å². The van der Waals surface area contributed by atoms with Crippen LogP contribution in [0.3, 0.4) is 0 Å². The van der Waals surface area contributed by atoms with Gasteiger partial charge in [-0.05, 0) is 35.4 Å². The molecule has 13 nitrogen and oxygen atoms in total. The molecule has 32 heavy (non-hydrogen) atoms. The van der Waals surface area contributed by atoms with Crippen LogP contribution in [0.25, 0.3) is 0 Å². The third-order valence-corrected chi connectivity index (χ3v) is 4.90. The van der Waals surface area contributed by atoms with Gasteiger partial charge in [-0.2, -0.15) is 24.6 Å². The van der Waals surface area contributed by atoms with Gasteiger partial charge >= 0.3 is 10.3 Å². The molecule has 0 aliphatic rings. The number of ether oxygens (including phenoxy) is 2. The molecule has 0 fully saturated rings. The Hall–Kier alpha value is -3.08. The number of aromatic nitrogens is 3. The van der Waals surface area contributed by atoms with E-state index in [0.29, 0.717) is 34.9 Å². The van der Waals surface area contributed by atoms with Crippen molar-refractivity contribution in [3.05, 3.63) is 60.2 Å². The van der Waals surface area contributed by atoms with Crippen molar-refractivity contribution < 1.29 is 35.6 Å². The van der Waals surface area contributed by atoms with Gasteiger partial charge in [0.15, 0.2) is 23.0 Å². The van der Waals surface area contributed by atoms with Crippen LogP contribution in [-0.4, -0.2) is 37.4 Å². The molecule has 0 aliphatic heterocycles. The van der Waals surface area contributed by atoms with E-state index in [1.165, 1.54) is 32.9 Å². The Morgan fingerprint density at radius 3 is 2.16 bits per heavy atom. The molecule has 172 valence electrons. The minimum absolute atomic E-state index is 0.0911. The minimum atomic E-state index is -4.29. The lowest BCUT2D eigenvalue weighted by molar-refractivity contribution is -0.199. The lowest BCUT2D eigenvalue weighted by Gasteiger charge is -2.21. The number of hydrogen-bond acceptors (Lipinski definition) is 12. The number of hydrogen-bond donors (Lipinski definition) is 2. The van der Waals surface area contributed by atoms with Crippen LogP contribution in [0, 0.1) is 0 Å². The molecule has 1 heterocycles. The van der Waals surface area contributed by atoms with Crippen LogP contribution in [-0.2, 0) is 19.6 Å². The van der Waals surface area contributed by atoms with Crippen molar-refractivity contribution in [1.82, 2.24) is 14.8 Å². The predicted molar refractivity (Wildman–Crippen MR) is 112 cm³/mol. The highest BCUT2D eigenvalue weighted by atomic mass is 32.2. The molecule has 0 spiro atoms. The van der Waals surface area contributed by atoms with Gasteiger partial charge in [-0.1, -0.05) is 12.1 Å². The second-order valence-electron chi connectivity index (χ2n) is 5.99. The van der Waals surface area contributed by atoms with E-state index in [2.05, 4.69) is 19.4 Å². The van der Waals surface area contributed by atoms with E-state index in [1.807, 2.05) is 0 Å². The van der Waals surface area contributed by atoms with E-state index in [0.717, 1.165) is 0 Å². The molecule has 1 aromatic heterocycles. The first-order valence-corrected chi connectivity index (χ1v) is 10.8. The maximum Gasteiger partial charge on any atom is 0.380 e. The minimum Gasteiger partial charge on any atom is -0.493 e. The summed E-state index contributed by atoms with van der Waals surface area (Å²) in [5.74, 6) is 5.61. The summed E-state index contributed by atoms with van der Waals surface area (Å²) in [4.78, 5) is 8.00. The van der Waals surface area contributed by atoms with Gasteiger partial charge in [0.1, 0.15) is 18.7 Å². The van der Waals surface area contributed by atoms with Crippen LogP contribution in [0.2, 0.25) is 0 Å². The fourth-order valence-electron chi connectivity index (χ4n) is 2.90. The standard InChI is InChI=1S/C17H19N5O8S2/c1-25-13-5-3-11(7-15(13)27-31-30-29-18)17(22-10-20-9-21-22)12-4-6-14(26-2)16(8-12)28-32(19,23)24/h3-10,17H,18H2,1-2H3,(H2,19,23,24). The third kappa shape index (κ3) is 5.78. The van der Waals surface area contributed by atoms with Crippen molar-refractivity contribution in [2.75, 3.05) is 14.2 Å². The van der Waals surface area contributed by atoms with E-state index in [9.17, 15) is 8.42 Å². The molecular formula is C17H19N5O8S2. The van der Waals surface area contributed by atoms with Crippen LogP contribution < -0.4 is 28.9 Å². The van der Waals surface area contributed by atoms with Gasteiger partial charge in [0, 0.05) is 0 Å². The Morgan fingerprint density at radius 2 is 1.62 bits per heavy atom. The van der Waals surface area contributed by atoms with E-state index in [1.54, 1.807) is 35.0 Å². The third-order valence-electron chi connectivity index (χ3n) is 4.10. The molecule has 0 aliphatic carbocycles. The Kier molecular flexibility index (Phi) is 7.73. The summed E-state index contributed by atoms with van der Waals surface area (Å²) < 4.78 is 49.8. The van der Waals surface area contributed by atoms with Crippen molar-refractivity contribution >= 4 is 22.6 Å². The van der Waals surface area contributed by atoms with Gasteiger partial charge in [-0.3, -0.25) is 0 Å². The quantitative estimate of drug-likeness (QED) is 0.173. The molecule has 0 saturated carbocycles. The molecule has 2 aromatic carbocycles. The Morgan fingerprint density at radius 1 is 1.00 bits per heavy atom. The van der Waals surface area contributed by atoms with Gasteiger partial charge in [0.2, 0.25) is 0 Å². The second kappa shape index (κ2) is 10.5. The fourth-order valence-corrected chi connectivity index (χ4v) is 3.54. The molecule has 1 unspecified atom stereocenters. The maximum absolute atomic E-state index is 11.5. The van der Waals surface area contributed by atoms with E-state index < -0.39 is 16.3 Å². The first kappa shape index (κ1) is 23.6. The molecule has 15 heteroatoms. The van der Waals surface area contributed by atoms with Crippen LogP contribution in [0.5, 0.6) is 23.0 Å². The van der Waals surface area contributed by atoms with Crippen molar-refractivity contribution in [3.8, 4) is 23.0 Å². The van der Waals surface area contributed by atoms with E-state index in [4.69, 9.17) is 28.9 Å². The summed E-state index contributed by atoms with van der Waals surface area (Å²) in [5, 5.41) is 9.25. The first-order valence-electron chi connectivity index (χ1n) is 8.65. The van der Waals surface area contributed by atoms with E-state index in [-0.39, 0.29) is 11.5 Å². The highest BCUT2D eigenvalue weighted by molar-refractivity contribution is 7.90. The maximum atomic E-state index is 11.5. The average molecular weight is 486 g/mol. The Balaban J connectivity index is 2.09. The van der Waals surface area contributed by atoms with Crippen molar-refractivity contribution in [3.63, 3.8) is 0 Å². The predicted octanol–water partition coefficient (Wildman–Crippen LogP) is 1.28. The van der Waals surface area contributed by atoms with Crippen molar-refractivity contribution in [2.45, 2.75) is 6.04 Å². The molecule has 3 rings (SSSR count). The van der Waals surface area contributed by atoms with Gasteiger partial charge < -0.3 is 17.8 Å². The molecule has 3 aromatic rings. The molecular weight excluding hydrogens is 466 g/mol.